The summed E-state index contributed by atoms with van der Waals surface area (Å²) in [6.45, 7) is 7.25. The highest BCUT2D eigenvalue weighted by Gasteiger charge is 2.20. The van der Waals surface area contributed by atoms with Crippen LogP contribution in [0.25, 0.3) is 16.6 Å². The number of nitrogens with zero attached hydrogens (tertiary/aromatic N) is 4. The Morgan fingerprint density at radius 1 is 1.09 bits per heavy atom. The molecule has 0 saturated carbocycles. The number of hydrogen-bond acceptors (Lipinski definition) is 6. The number of nitrogens with one attached hydrogen (secondary N) is 2. The highest BCUT2D eigenvalue weighted by molar-refractivity contribution is 5.95. The molecule has 9 heteroatoms. The third kappa shape index (κ3) is 4.50. The Hall–Kier alpha value is -4.84. The molecular weight excluding hydrogens is 444 g/mol. The second-order valence-corrected chi connectivity index (χ2v) is 8.29. The van der Waals surface area contributed by atoms with Crippen LogP contribution in [0.4, 0.5) is 0 Å². The van der Waals surface area contributed by atoms with Crippen molar-refractivity contribution in [1.82, 2.24) is 20.2 Å². The molecule has 0 aliphatic rings. The van der Waals surface area contributed by atoms with Crippen molar-refractivity contribution < 1.29 is 4.79 Å². The number of H-pyrrole nitrogens is 1. The zero-order valence-electron chi connectivity index (χ0n) is 19.6. The third-order valence-electron chi connectivity index (χ3n) is 5.80. The molecule has 4 rings (SSSR count). The van der Waals surface area contributed by atoms with Crippen LogP contribution in [0.1, 0.15) is 43.9 Å². The normalized spacial score (nSPS) is 11.1. The molecule has 0 saturated heterocycles. The van der Waals surface area contributed by atoms with E-state index in [4.69, 9.17) is 0 Å². The summed E-state index contributed by atoms with van der Waals surface area (Å²) < 4.78 is 1.03. The topological polar surface area (TPSA) is 133 Å². The van der Waals surface area contributed by atoms with Crippen LogP contribution in [-0.2, 0) is 0 Å². The number of aromatic nitrogens is 3. The number of carbonyl (C=O) groups excluding carboxylic acids is 1. The van der Waals surface area contributed by atoms with Gasteiger partial charge < -0.3 is 4.98 Å². The standard InChI is InChI=1S/C26H22N6O3/c1-14-5-8-22-18(9-14)11-19(24(33)29-22)13-28-30-25(34)23-17(4)21(12-27)26(35)32(31-23)20-7-6-15(2)16(3)10-20/h5-11,13H,1-4H3,(H,29,33)(H,30,34)/b28-13+. The van der Waals surface area contributed by atoms with Gasteiger partial charge in [-0.25, -0.2) is 5.43 Å². The number of nitriles is 1. The van der Waals surface area contributed by atoms with Crippen LogP contribution in [0, 0.1) is 39.0 Å². The fourth-order valence-corrected chi connectivity index (χ4v) is 3.64. The summed E-state index contributed by atoms with van der Waals surface area (Å²) >= 11 is 0. The first-order valence-electron chi connectivity index (χ1n) is 10.8. The predicted molar refractivity (Wildman–Crippen MR) is 133 cm³/mol. The van der Waals surface area contributed by atoms with Gasteiger partial charge in [-0.05, 0) is 74.5 Å². The Bertz CT molecular complexity index is 1690. The Morgan fingerprint density at radius 2 is 1.86 bits per heavy atom. The van der Waals surface area contributed by atoms with Gasteiger partial charge in [-0.1, -0.05) is 17.7 Å². The minimum atomic E-state index is -0.721. The van der Waals surface area contributed by atoms with Crippen LogP contribution in [0.2, 0.25) is 0 Å². The van der Waals surface area contributed by atoms with E-state index < -0.39 is 11.5 Å². The predicted octanol–water partition coefficient (Wildman–Crippen LogP) is 2.94. The van der Waals surface area contributed by atoms with Gasteiger partial charge in [0.15, 0.2) is 5.69 Å². The van der Waals surface area contributed by atoms with E-state index in [0.29, 0.717) is 11.2 Å². The molecule has 2 aromatic heterocycles. The second kappa shape index (κ2) is 9.19. The molecule has 2 aromatic carbocycles. The number of rotatable bonds is 4. The van der Waals surface area contributed by atoms with Gasteiger partial charge in [-0.3, -0.25) is 14.4 Å². The van der Waals surface area contributed by atoms with E-state index in [2.05, 4.69) is 20.6 Å². The van der Waals surface area contributed by atoms with Gasteiger partial charge in [0, 0.05) is 11.1 Å². The van der Waals surface area contributed by atoms with Crippen LogP contribution in [0.15, 0.2) is 57.2 Å². The van der Waals surface area contributed by atoms with E-state index >= 15 is 0 Å². The lowest BCUT2D eigenvalue weighted by Crippen LogP contribution is -2.31. The van der Waals surface area contributed by atoms with Gasteiger partial charge in [0.25, 0.3) is 17.0 Å². The van der Waals surface area contributed by atoms with Crippen molar-refractivity contribution in [2.45, 2.75) is 27.7 Å². The summed E-state index contributed by atoms with van der Waals surface area (Å²) in [5.74, 6) is -0.721. The number of fused-ring (bicyclic) bond motifs is 1. The summed E-state index contributed by atoms with van der Waals surface area (Å²) in [5.41, 5.74) is 5.57. The summed E-state index contributed by atoms with van der Waals surface area (Å²) in [6, 6.07) is 14.5. The number of pyridine rings is 1. The van der Waals surface area contributed by atoms with E-state index in [9.17, 15) is 19.6 Å². The Kier molecular flexibility index (Phi) is 6.12. The van der Waals surface area contributed by atoms with Crippen molar-refractivity contribution in [2.24, 2.45) is 5.10 Å². The maximum absolute atomic E-state index is 12.9. The molecule has 0 atom stereocenters. The number of aryl methyl sites for hydroxylation is 3. The number of hydrogen-bond donors (Lipinski definition) is 2. The summed E-state index contributed by atoms with van der Waals surface area (Å²) in [4.78, 5) is 40.8. The van der Waals surface area contributed by atoms with Crippen molar-refractivity contribution >= 4 is 23.0 Å². The summed E-state index contributed by atoms with van der Waals surface area (Å²) in [6.07, 6.45) is 1.23. The molecule has 2 heterocycles. The third-order valence-corrected chi connectivity index (χ3v) is 5.80. The maximum atomic E-state index is 12.9. The number of aromatic amines is 1. The van der Waals surface area contributed by atoms with Crippen LogP contribution < -0.4 is 16.5 Å². The summed E-state index contributed by atoms with van der Waals surface area (Å²) in [5, 5.41) is 18.5. The molecular formula is C26H22N6O3. The molecule has 9 nitrogen and oxygen atoms in total. The lowest BCUT2D eigenvalue weighted by atomic mass is 10.1. The summed E-state index contributed by atoms with van der Waals surface area (Å²) in [7, 11) is 0. The van der Waals surface area contributed by atoms with E-state index in [0.717, 1.165) is 26.8 Å². The highest BCUT2D eigenvalue weighted by Crippen LogP contribution is 2.15. The smallest absolute Gasteiger partial charge is 0.292 e. The number of hydrazone groups is 1. The molecule has 174 valence electrons. The van der Waals surface area contributed by atoms with Crippen molar-refractivity contribution in [2.75, 3.05) is 0 Å². The van der Waals surface area contributed by atoms with Crippen molar-refractivity contribution in [3.63, 3.8) is 0 Å². The van der Waals surface area contributed by atoms with E-state index in [-0.39, 0.29) is 27.9 Å². The average molecular weight is 467 g/mol. The molecule has 0 aliphatic heterocycles. The van der Waals surface area contributed by atoms with Crippen LogP contribution in [-0.4, -0.2) is 26.9 Å². The first-order valence-corrected chi connectivity index (χ1v) is 10.8. The maximum Gasteiger partial charge on any atom is 0.292 e. The van der Waals surface area contributed by atoms with Gasteiger partial charge in [0.2, 0.25) is 0 Å². The highest BCUT2D eigenvalue weighted by atomic mass is 16.2. The zero-order valence-corrected chi connectivity index (χ0v) is 19.6. The average Bonchev–Trinajstić information content (AvgIpc) is 2.82. The molecule has 35 heavy (non-hydrogen) atoms. The van der Waals surface area contributed by atoms with E-state index in [1.165, 1.54) is 13.1 Å². The fourth-order valence-electron chi connectivity index (χ4n) is 3.64. The van der Waals surface area contributed by atoms with E-state index in [1.54, 1.807) is 18.2 Å². The molecule has 4 aromatic rings. The van der Waals surface area contributed by atoms with Gasteiger partial charge in [-0.2, -0.15) is 20.1 Å². The van der Waals surface area contributed by atoms with Gasteiger partial charge in [0.05, 0.1) is 17.5 Å². The van der Waals surface area contributed by atoms with Crippen molar-refractivity contribution in [1.29, 1.82) is 5.26 Å². The lowest BCUT2D eigenvalue weighted by molar-refractivity contribution is 0.0947. The molecule has 0 fully saturated rings. The van der Waals surface area contributed by atoms with Gasteiger partial charge in [-0.15, -0.1) is 0 Å². The van der Waals surface area contributed by atoms with Crippen molar-refractivity contribution in [3.05, 3.63) is 102 Å². The van der Waals surface area contributed by atoms with Crippen LogP contribution in [0.3, 0.4) is 0 Å². The molecule has 0 bridgehead atoms. The Morgan fingerprint density at radius 3 is 2.57 bits per heavy atom. The minimum Gasteiger partial charge on any atom is -0.321 e. The first kappa shape index (κ1) is 23.3. The van der Waals surface area contributed by atoms with Gasteiger partial charge in [0.1, 0.15) is 11.6 Å². The largest absolute Gasteiger partial charge is 0.321 e. The lowest BCUT2D eigenvalue weighted by Gasteiger charge is -2.11. The fraction of sp³-hybridized carbons (Fsp3) is 0.154. The monoisotopic (exact) mass is 466 g/mol. The quantitative estimate of drug-likeness (QED) is 0.352. The Balaban J connectivity index is 1.69. The van der Waals surface area contributed by atoms with E-state index in [1.807, 2.05) is 51.1 Å². The molecule has 0 radical (unpaired) electrons. The minimum absolute atomic E-state index is 0.125. The van der Waals surface area contributed by atoms with Crippen LogP contribution in [0.5, 0.6) is 0 Å². The zero-order chi connectivity index (χ0) is 25.3. The van der Waals surface area contributed by atoms with Crippen molar-refractivity contribution in [3.8, 4) is 11.8 Å². The Labute approximate surface area is 200 Å². The second-order valence-electron chi connectivity index (χ2n) is 8.29. The molecule has 0 aliphatic carbocycles. The number of benzene rings is 2. The molecule has 1 amide bonds. The SMILES string of the molecule is Cc1ccc2[nH]c(=O)c(/C=N/NC(=O)c3nn(-c4ccc(C)c(C)c4)c(=O)c(C#N)c3C)cc2c1. The van der Waals surface area contributed by atoms with Crippen LogP contribution >= 0.6 is 0 Å². The van der Waals surface area contributed by atoms with Gasteiger partial charge >= 0.3 is 0 Å². The molecule has 0 unspecified atom stereocenters. The molecule has 0 spiro atoms. The number of carbonyl (C=O) groups is 1. The first-order chi connectivity index (χ1) is 16.7. The number of amides is 1. The molecule has 2 N–H and O–H groups in total.